The van der Waals surface area contributed by atoms with Crippen LogP contribution in [0.5, 0.6) is 0 Å². The van der Waals surface area contributed by atoms with E-state index in [0.29, 0.717) is 12.1 Å². The molecule has 0 amide bonds. The number of aryl methyl sites for hydroxylation is 2. The number of nitriles is 1. The van der Waals surface area contributed by atoms with Crippen molar-refractivity contribution in [1.82, 2.24) is 9.88 Å². The van der Waals surface area contributed by atoms with Crippen LogP contribution in [-0.2, 0) is 12.8 Å². The average Bonchev–Trinajstić information content (AvgIpc) is 3.21. The van der Waals surface area contributed by atoms with E-state index in [1.165, 1.54) is 49.8 Å². The molecule has 26 heavy (non-hydrogen) atoms. The minimum Gasteiger partial charge on any atom is -0.396 e. The van der Waals surface area contributed by atoms with Crippen LogP contribution < -0.4 is 4.90 Å². The van der Waals surface area contributed by atoms with Crippen molar-refractivity contribution < 1.29 is 5.11 Å². The van der Waals surface area contributed by atoms with Crippen LogP contribution in [0.25, 0.3) is 0 Å². The van der Waals surface area contributed by atoms with E-state index in [1.54, 1.807) is 0 Å². The average molecular weight is 354 g/mol. The number of aliphatic hydroxyl groups is 1. The molecule has 140 valence electrons. The molecule has 0 aromatic carbocycles. The quantitative estimate of drug-likeness (QED) is 0.901. The van der Waals surface area contributed by atoms with Crippen LogP contribution in [0, 0.1) is 11.3 Å². The Morgan fingerprint density at radius 2 is 1.96 bits per heavy atom. The summed E-state index contributed by atoms with van der Waals surface area (Å²) >= 11 is 0. The Kier molecular flexibility index (Phi) is 5.42. The Morgan fingerprint density at radius 1 is 1.15 bits per heavy atom. The number of hydrogen-bond acceptors (Lipinski definition) is 5. The third kappa shape index (κ3) is 3.45. The number of aromatic nitrogens is 1. The number of fused-ring (bicyclic) bond motifs is 1. The van der Waals surface area contributed by atoms with Gasteiger partial charge in [-0.15, -0.1) is 0 Å². The molecule has 5 heteroatoms. The normalized spacial score (nSPS) is 24.5. The van der Waals surface area contributed by atoms with E-state index < -0.39 is 0 Å². The van der Waals surface area contributed by atoms with Crippen LogP contribution in [0.15, 0.2) is 6.07 Å². The first-order valence-corrected chi connectivity index (χ1v) is 10.3. The molecule has 1 saturated carbocycles. The van der Waals surface area contributed by atoms with Crippen molar-refractivity contribution in [2.45, 2.75) is 69.9 Å². The van der Waals surface area contributed by atoms with Crippen molar-refractivity contribution in [2.24, 2.45) is 0 Å². The highest BCUT2D eigenvalue weighted by Crippen LogP contribution is 2.31. The monoisotopic (exact) mass is 354 g/mol. The summed E-state index contributed by atoms with van der Waals surface area (Å²) in [4.78, 5) is 9.88. The zero-order valence-electron chi connectivity index (χ0n) is 15.7. The fraction of sp³-hybridized carbons (Fsp3) is 0.714. The first-order valence-electron chi connectivity index (χ1n) is 10.3. The van der Waals surface area contributed by atoms with Crippen molar-refractivity contribution in [3.8, 4) is 6.07 Å². The molecule has 0 spiro atoms. The number of anilines is 1. The number of rotatable bonds is 4. The summed E-state index contributed by atoms with van der Waals surface area (Å²) in [5.74, 6) is 0.877. The predicted octanol–water partition coefficient (Wildman–Crippen LogP) is 2.65. The van der Waals surface area contributed by atoms with Crippen LogP contribution in [0.4, 0.5) is 5.82 Å². The van der Waals surface area contributed by atoms with Crippen LogP contribution in [-0.4, -0.2) is 53.3 Å². The number of nitrogens with zero attached hydrogens (tertiary/aromatic N) is 4. The maximum Gasteiger partial charge on any atom is 0.146 e. The minimum atomic E-state index is 0.227. The fourth-order valence-corrected chi connectivity index (χ4v) is 5.13. The molecular weight excluding hydrogens is 324 g/mol. The lowest BCUT2D eigenvalue weighted by molar-refractivity contribution is 0.0981. The fourth-order valence-electron chi connectivity index (χ4n) is 5.13. The molecule has 1 aliphatic heterocycles. The van der Waals surface area contributed by atoms with Gasteiger partial charge in [-0.25, -0.2) is 4.98 Å². The summed E-state index contributed by atoms with van der Waals surface area (Å²) in [6.45, 7) is 3.04. The van der Waals surface area contributed by atoms with Gasteiger partial charge in [-0.05, 0) is 56.6 Å². The zero-order chi connectivity index (χ0) is 17.9. The van der Waals surface area contributed by atoms with Gasteiger partial charge < -0.3 is 10.0 Å². The third-order valence-corrected chi connectivity index (χ3v) is 6.48. The number of pyridine rings is 1. The van der Waals surface area contributed by atoms with Gasteiger partial charge >= 0.3 is 0 Å². The van der Waals surface area contributed by atoms with Crippen LogP contribution in [0.2, 0.25) is 0 Å². The Hall–Kier alpha value is -1.64. The Labute approximate surface area is 156 Å². The highest BCUT2D eigenvalue weighted by molar-refractivity contribution is 5.57. The van der Waals surface area contributed by atoms with E-state index in [-0.39, 0.29) is 6.61 Å². The van der Waals surface area contributed by atoms with E-state index in [4.69, 9.17) is 4.98 Å². The molecule has 0 unspecified atom stereocenters. The second-order valence-corrected chi connectivity index (χ2v) is 8.07. The Bertz CT molecular complexity index is 677. The van der Waals surface area contributed by atoms with Crippen LogP contribution in [0.1, 0.15) is 61.8 Å². The summed E-state index contributed by atoms with van der Waals surface area (Å²) in [6.07, 6.45) is 10.6. The van der Waals surface area contributed by atoms with Gasteiger partial charge in [-0.3, -0.25) is 4.90 Å². The maximum atomic E-state index is 9.68. The molecular formula is C21H30N4O. The van der Waals surface area contributed by atoms with Crippen molar-refractivity contribution in [1.29, 1.82) is 5.26 Å². The standard InChI is InChI=1S/C21H30N4O/c22-14-17-13-16-5-1-4-8-20(16)23-21(17)24-10-11-25(18-6-2-3-7-18)19(15-24)9-12-26/h13,18-19,26H,1-12,15H2/t19-/m0/s1. The molecule has 2 heterocycles. The lowest BCUT2D eigenvalue weighted by atomic mass is 9.94. The molecule has 3 aliphatic rings. The number of aliphatic hydroxyl groups excluding tert-OH is 1. The molecule has 0 radical (unpaired) electrons. The summed E-state index contributed by atoms with van der Waals surface area (Å²) in [5, 5.41) is 19.3. The Balaban J connectivity index is 1.57. The highest BCUT2D eigenvalue weighted by atomic mass is 16.3. The second kappa shape index (κ2) is 7.94. The molecule has 4 rings (SSSR count). The van der Waals surface area contributed by atoms with Crippen molar-refractivity contribution in [3.05, 3.63) is 22.9 Å². The molecule has 1 saturated heterocycles. The van der Waals surface area contributed by atoms with Crippen LogP contribution >= 0.6 is 0 Å². The number of hydrogen-bond donors (Lipinski definition) is 1. The van der Waals surface area contributed by atoms with Gasteiger partial charge in [0.25, 0.3) is 0 Å². The topological polar surface area (TPSA) is 63.4 Å². The van der Waals surface area contributed by atoms with Gasteiger partial charge in [-0.1, -0.05) is 12.8 Å². The number of piperazine rings is 1. The highest BCUT2D eigenvalue weighted by Gasteiger charge is 2.34. The van der Waals surface area contributed by atoms with Crippen molar-refractivity contribution in [3.63, 3.8) is 0 Å². The Morgan fingerprint density at radius 3 is 2.73 bits per heavy atom. The molecule has 1 atom stereocenters. The largest absolute Gasteiger partial charge is 0.396 e. The summed E-state index contributed by atoms with van der Waals surface area (Å²) in [7, 11) is 0. The van der Waals surface area contributed by atoms with Crippen LogP contribution in [0.3, 0.4) is 0 Å². The van der Waals surface area contributed by atoms with Gasteiger partial charge in [0.15, 0.2) is 0 Å². The van der Waals surface area contributed by atoms with Gasteiger partial charge in [0, 0.05) is 44.0 Å². The van der Waals surface area contributed by atoms with E-state index in [0.717, 1.165) is 50.3 Å². The molecule has 0 bridgehead atoms. The molecule has 2 fully saturated rings. The predicted molar refractivity (Wildman–Crippen MR) is 102 cm³/mol. The first kappa shape index (κ1) is 17.8. The second-order valence-electron chi connectivity index (χ2n) is 8.07. The van der Waals surface area contributed by atoms with Gasteiger partial charge in [0.1, 0.15) is 11.9 Å². The summed E-state index contributed by atoms with van der Waals surface area (Å²) < 4.78 is 0. The van der Waals surface area contributed by atoms with E-state index in [9.17, 15) is 10.4 Å². The molecule has 1 aromatic rings. The summed E-state index contributed by atoms with van der Waals surface area (Å²) in [5.41, 5.74) is 3.19. The molecule has 5 nitrogen and oxygen atoms in total. The smallest absolute Gasteiger partial charge is 0.146 e. The van der Waals surface area contributed by atoms with E-state index >= 15 is 0 Å². The molecule has 1 N–H and O–H groups in total. The minimum absolute atomic E-state index is 0.227. The lowest BCUT2D eigenvalue weighted by Gasteiger charge is -2.45. The molecule has 1 aromatic heterocycles. The van der Waals surface area contributed by atoms with Crippen molar-refractivity contribution in [2.75, 3.05) is 31.1 Å². The molecule has 2 aliphatic carbocycles. The van der Waals surface area contributed by atoms with E-state index in [2.05, 4.69) is 21.9 Å². The SMILES string of the molecule is N#Cc1cc2c(nc1N1CCN(C3CCCC3)[C@@H](CCO)C1)CCCC2. The van der Waals surface area contributed by atoms with Crippen molar-refractivity contribution >= 4 is 5.82 Å². The van der Waals surface area contributed by atoms with E-state index in [1.807, 2.05) is 0 Å². The maximum absolute atomic E-state index is 9.68. The van der Waals surface area contributed by atoms with Gasteiger partial charge in [0.05, 0.1) is 5.56 Å². The third-order valence-electron chi connectivity index (χ3n) is 6.48. The van der Waals surface area contributed by atoms with Gasteiger partial charge in [0.2, 0.25) is 0 Å². The lowest BCUT2D eigenvalue weighted by Crippen LogP contribution is -2.56. The van der Waals surface area contributed by atoms with Gasteiger partial charge in [-0.2, -0.15) is 5.26 Å². The zero-order valence-corrected chi connectivity index (χ0v) is 15.7. The summed E-state index contributed by atoms with van der Waals surface area (Å²) in [6, 6.07) is 5.52. The first-order chi connectivity index (χ1) is 12.8.